The van der Waals surface area contributed by atoms with Gasteiger partial charge in [0.15, 0.2) is 6.10 Å². The first-order valence-electron chi connectivity index (χ1n) is 11.1. The van der Waals surface area contributed by atoms with Crippen LogP contribution in [0.5, 0.6) is 5.75 Å². The fraction of sp³-hybridized carbons (Fsp3) is 0.417. The van der Waals surface area contributed by atoms with Crippen molar-refractivity contribution in [3.05, 3.63) is 47.0 Å². The molecule has 2 aromatic carbocycles. The molecule has 2 aromatic rings. The summed E-state index contributed by atoms with van der Waals surface area (Å²) in [4.78, 5) is 24.7. The van der Waals surface area contributed by atoms with Gasteiger partial charge in [0.25, 0.3) is 5.91 Å². The molecule has 176 valence electrons. The molecule has 1 fully saturated rings. The van der Waals surface area contributed by atoms with Crippen LogP contribution in [0, 0.1) is 26.7 Å². The molecule has 2 amide bonds. The summed E-state index contributed by atoms with van der Waals surface area (Å²) >= 11 is 0. The van der Waals surface area contributed by atoms with Crippen LogP contribution < -0.4 is 15.4 Å². The number of fused-ring (bicyclic) bond motifs is 1. The third kappa shape index (κ3) is 4.60. The standard InChI is InChI=1S/C24H29N3O5S/c1-14-5-6-19(11-15(14)2)25-24(29)18-7-9-27(10-8-18)33(30,31)22-13-21-20(12-16(22)3)26-23(28)17(4)32-21/h5-6,11-13,17-18H,7-10H2,1-4H3,(H,25,29)(H,26,28)/t17-/m1/s1. The third-order valence-electron chi connectivity index (χ3n) is 6.42. The van der Waals surface area contributed by atoms with Crippen molar-refractivity contribution in [2.75, 3.05) is 23.7 Å². The highest BCUT2D eigenvalue weighted by Crippen LogP contribution is 2.36. The summed E-state index contributed by atoms with van der Waals surface area (Å²) in [5, 5.41) is 5.69. The SMILES string of the molecule is Cc1ccc(NC(=O)C2CCN(S(=O)(=O)c3cc4c(cc3C)NC(=O)[C@@H](C)O4)CC2)cc1C. The van der Waals surface area contributed by atoms with Gasteiger partial charge in [0.2, 0.25) is 15.9 Å². The molecular formula is C24H29N3O5S. The zero-order valence-electron chi connectivity index (χ0n) is 19.3. The Kier molecular flexibility index (Phi) is 6.20. The van der Waals surface area contributed by atoms with Crippen LogP contribution in [0.2, 0.25) is 0 Å². The minimum Gasteiger partial charge on any atom is -0.479 e. The van der Waals surface area contributed by atoms with Crippen LogP contribution in [0.15, 0.2) is 35.2 Å². The van der Waals surface area contributed by atoms with E-state index in [2.05, 4.69) is 10.6 Å². The maximum absolute atomic E-state index is 13.4. The Morgan fingerprint density at radius 2 is 1.76 bits per heavy atom. The fourth-order valence-corrected chi connectivity index (χ4v) is 5.87. The Bertz CT molecular complexity index is 1220. The summed E-state index contributed by atoms with van der Waals surface area (Å²) in [6, 6.07) is 8.89. The molecule has 1 saturated heterocycles. The van der Waals surface area contributed by atoms with Crippen LogP contribution in [0.3, 0.4) is 0 Å². The molecule has 9 heteroatoms. The number of hydrogen-bond donors (Lipinski definition) is 2. The lowest BCUT2D eigenvalue weighted by atomic mass is 9.97. The van der Waals surface area contributed by atoms with Crippen molar-refractivity contribution in [3.8, 4) is 5.75 Å². The average Bonchev–Trinajstić information content (AvgIpc) is 2.77. The largest absolute Gasteiger partial charge is 0.479 e. The number of hydrogen-bond acceptors (Lipinski definition) is 5. The molecule has 2 N–H and O–H groups in total. The first-order valence-corrected chi connectivity index (χ1v) is 12.5. The van der Waals surface area contributed by atoms with Gasteiger partial charge in [0, 0.05) is 30.8 Å². The lowest BCUT2D eigenvalue weighted by Gasteiger charge is -2.31. The first kappa shape index (κ1) is 23.3. The smallest absolute Gasteiger partial charge is 0.265 e. The summed E-state index contributed by atoms with van der Waals surface area (Å²) in [5.41, 5.74) is 4.01. The van der Waals surface area contributed by atoms with Gasteiger partial charge in [-0.3, -0.25) is 9.59 Å². The Labute approximate surface area is 194 Å². The molecule has 0 radical (unpaired) electrons. The van der Waals surface area contributed by atoms with Gasteiger partial charge >= 0.3 is 0 Å². The molecule has 0 bridgehead atoms. The Balaban J connectivity index is 1.45. The molecule has 4 rings (SSSR count). The van der Waals surface area contributed by atoms with E-state index in [-0.39, 0.29) is 35.7 Å². The van der Waals surface area contributed by atoms with Gasteiger partial charge < -0.3 is 15.4 Å². The molecule has 0 spiro atoms. The normalized spacial score (nSPS) is 19.4. The topological polar surface area (TPSA) is 105 Å². The van der Waals surface area contributed by atoms with Gasteiger partial charge in [-0.05, 0) is 75.4 Å². The molecule has 2 aliphatic rings. The minimum atomic E-state index is -3.77. The van der Waals surface area contributed by atoms with Gasteiger partial charge in [-0.1, -0.05) is 6.07 Å². The van der Waals surface area contributed by atoms with Gasteiger partial charge in [0.1, 0.15) is 5.75 Å². The van der Waals surface area contributed by atoms with E-state index in [4.69, 9.17) is 4.74 Å². The number of piperidine rings is 1. The first-order chi connectivity index (χ1) is 15.6. The monoisotopic (exact) mass is 471 g/mol. The van der Waals surface area contributed by atoms with Crippen molar-refractivity contribution in [2.45, 2.75) is 51.5 Å². The van der Waals surface area contributed by atoms with Crippen LogP contribution in [-0.4, -0.2) is 43.7 Å². The van der Waals surface area contributed by atoms with E-state index in [1.807, 2.05) is 32.0 Å². The molecule has 8 nitrogen and oxygen atoms in total. The quantitative estimate of drug-likeness (QED) is 0.711. The second kappa shape index (κ2) is 8.79. The zero-order valence-corrected chi connectivity index (χ0v) is 20.1. The van der Waals surface area contributed by atoms with Crippen LogP contribution >= 0.6 is 0 Å². The Morgan fingerprint density at radius 1 is 1.06 bits per heavy atom. The number of carbonyl (C=O) groups excluding carboxylic acids is 2. The van der Waals surface area contributed by atoms with Crippen molar-refractivity contribution in [1.82, 2.24) is 4.31 Å². The van der Waals surface area contributed by atoms with Crippen LogP contribution in [-0.2, 0) is 19.6 Å². The second-order valence-electron chi connectivity index (χ2n) is 8.83. The third-order valence-corrected chi connectivity index (χ3v) is 8.47. The fourth-order valence-electron chi connectivity index (χ4n) is 4.18. The molecule has 1 atom stereocenters. The van der Waals surface area contributed by atoms with Gasteiger partial charge in [-0.15, -0.1) is 0 Å². The van der Waals surface area contributed by atoms with E-state index in [0.717, 1.165) is 16.8 Å². The van der Waals surface area contributed by atoms with Gasteiger partial charge in [-0.25, -0.2) is 8.42 Å². The number of anilines is 2. The van der Waals surface area contributed by atoms with Crippen molar-refractivity contribution in [1.29, 1.82) is 0 Å². The summed E-state index contributed by atoms with van der Waals surface area (Å²) in [5.74, 6) is -0.256. The summed E-state index contributed by atoms with van der Waals surface area (Å²) < 4.78 is 33.7. The number of rotatable bonds is 4. The number of ether oxygens (including phenoxy) is 1. The molecule has 0 aliphatic carbocycles. The summed E-state index contributed by atoms with van der Waals surface area (Å²) in [6.45, 7) is 7.84. The predicted octanol–water partition coefficient (Wildman–Crippen LogP) is 3.37. The van der Waals surface area contributed by atoms with Crippen molar-refractivity contribution >= 4 is 33.2 Å². The van der Waals surface area contributed by atoms with E-state index in [1.165, 1.54) is 10.4 Å². The number of amides is 2. The molecule has 33 heavy (non-hydrogen) atoms. The molecular weight excluding hydrogens is 442 g/mol. The number of benzene rings is 2. The Morgan fingerprint density at radius 3 is 2.42 bits per heavy atom. The Hall–Kier alpha value is -2.91. The van der Waals surface area contributed by atoms with E-state index in [1.54, 1.807) is 19.9 Å². The van der Waals surface area contributed by atoms with E-state index in [9.17, 15) is 18.0 Å². The van der Waals surface area contributed by atoms with Gasteiger partial charge in [-0.2, -0.15) is 4.31 Å². The predicted molar refractivity (Wildman–Crippen MR) is 126 cm³/mol. The maximum Gasteiger partial charge on any atom is 0.265 e. The highest BCUT2D eigenvalue weighted by Gasteiger charge is 2.34. The zero-order chi connectivity index (χ0) is 23.9. The average molecular weight is 472 g/mol. The number of sulfonamides is 1. The number of carbonyl (C=O) groups is 2. The molecule has 0 unspecified atom stereocenters. The van der Waals surface area contributed by atoms with Crippen molar-refractivity contribution in [3.63, 3.8) is 0 Å². The molecule has 2 aliphatic heterocycles. The molecule has 2 heterocycles. The number of nitrogens with one attached hydrogen (secondary N) is 2. The highest BCUT2D eigenvalue weighted by molar-refractivity contribution is 7.89. The van der Waals surface area contributed by atoms with Crippen molar-refractivity contribution in [2.24, 2.45) is 5.92 Å². The summed E-state index contributed by atoms with van der Waals surface area (Å²) in [7, 11) is -3.77. The number of aryl methyl sites for hydroxylation is 3. The molecule has 0 saturated carbocycles. The maximum atomic E-state index is 13.4. The second-order valence-corrected chi connectivity index (χ2v) is 10.7. The van der Waals surface area contributed by atoms with Crippen LogP contribution in [0.1, 0.15) is 36.5 Å². The number of nitrogens with zero attached hydrogens (tertiary/aromatic N) is 1. The molecule has 0 aromatic heterocycles. The van der Waals surface area contributed by atoms with Gasteiger partial charge in [0.05, 0.1) is 10.6 Å². The van der Waals surface area contributed by atoms with E-state index in [0.29, 0.717) is 29.8 Å². The van der Waals surface area contributed by atoms with Crippen molar-refractivity contribution < 1.29 is 22.7 Å². The van der Waals surface area contributed by atoms with E-state index >= 15 is 0 Å². The lowest BCUT2D eigenvalue weighted by molar-refractivity contribution is -0.123. The van der Waals surface area contributed by atoms with Crippen LogP contribution in [0.4, 0.5) is 11.4 Å². The minimum absolute atomic E-state index is 0.0848. The van der Waals surface area contributed by atoms with E-state index < -0.39 is 16.1 Å². The summed E-state index contributed by atoms with van der Waals surface area (Å²) in [6.07, 6.45) is 0.204. The van der Waals surface area contributed by atoms with Crippen LogP contribution in [0.25, 0.3) is 0 Å². The highest BCUT2D eigenvalue weighted by atomic mass is 32.2. The lowest BCUT2D eigenvalue weighted by Crippen LogP contribution is -2.41.